The molecule has 1 heterocycles. The number of anilines is 2. The fourth-order valence-electron chi connectivity index (χ4n) is 1.97. The van der Waals surface area contributed by atoms with E-state index in [1.807, 2.05) is 17.9 Å². The molecule has 4 heteroatoms. The Bertz CT molecular complexity index is 540. The van der Waals surface area contributed by atoms with E-state index in [-0.39, 0.29) is 5.82 Å². The highest BCUT2D eigenvalue weighted by atomic mass is 19.1. The van der Waals surface area contributed by atoms with Crippen LogP contribution in [-0.2, 0) is 0 Å². The van der Waals surface area contributed by atoms with E-state index in [4.69, 9.17) is 0 Å². The summed E-state index contributed by atoms with van der Waals surface area (Å²) in [5, 5.41) is 9.44. The van der Waals surface area contributed by atoms with Crippen molar-refractivity contribution in [3.63, 3.8) is 0 Å². The quantitative estimate of drug-likeness (QED) is 0.915. The first-order chi connectivity index (χ1) is 9.13. The number of rotatable bonds is 4. The molecule has 2 aromatic rings. The molecule has 3 nitrogen and oxygen atoms in total. The monoisotopic (exact) mass is 260 g/mol. The number of benzene rings is 1. The van der Waals surface area contributed by atoms with Crippen molar-refractivity contribution in [1.29, 1.82) is 0 Å². The lowest BCUT2D eigenvalue weighted by Gasteiger charge is -2.23. The second-order valence-corrected chi connectivity index (χ2v) is 4.31. The van der Waals surface area contributed by atoms with E-state index in [1.165, 1.54) is 6.07 Å². The standard InChI is InChI=1S/C15H17FN2O/c1-3-18(15-7-5-4-6-13(15)16)12-8-9-14(11(2)19)17-10-12/h4-11,19H,3H2,1-2H3. The maximum atomic E-state index is 13.8. The molecule has 100 valence electrons. The summed E-state index contributed by atoms with van der Waals surface area (Å²) in [6.45, 7) is 4.25. The van der Waals surface area contributed by atoms with E-state index in [9.17, 15) is 9.50 Å². The highest BCUT2D eigenvalue weighted by Gasteiger charge is 2.12. The molecule has 0 saturated heterocycles. The van der Waals surface area contributed by atoms with Gasteiger partial charge in [-0.3, -0.25) is 4.98 Å². The number of para-hydroxylation sites is 1. The van der Waals surface area contributed by atoms with Gasteiger partial charge in [0.15, 0.2) is 0 Å². The third kappa shape index (κ3) is 2.90. The smallest absolute Gasteiger partial charge is 0.146 e. The molecule has 0 fully saturated rings. The van der Waals surface area contributed by atoms with Gasteiger partial charge in [0.2, 0.25) is 0 Å². The van der Waals surface area contributed by atoms with Crippen molar-refractivity contribution in [2.75, 3.05) is 11.4 Å². The SMILES string of the molecule is CCN(c1ccc(C(C)O)nc1)c1ccccc1F. The first kappa shape index (κ1) is 13.5. The average Bonchev–Trinajstić information content (AvgIpc) is 2.42. The topological polar surface area (TPSA) is 36.4 Å². The Morgan fingerprint density at radius 2 is 2.00 bits per heavy atom. The maximum absolute atomic E-state index is 13.8. The molecule has 0 radical (unpaired) electrons. The van der Waals surface area contributed by atoms with Crippen LogP contribution in [0.25, 0.3) is 0 Å². The molecule has 0 saturated carbocycles. The second-order valence-electron chi connectivity index (χ2n) is 4.31. The van der Waals surface area contributed by atoms with Gasteiger partial charge in [-0.1, -0.05) is 12.1 Å². The van der Waals surface area contributed by atoms with Crippen molar-refractivity contribution in [1.82, 2.24) is 4.98 Å². The third-order valence-corrected chi connectivity index (χ3v) is 2.97. The summed E-state index contributed by atoms with van der Waals surface area (Å²) < 4.78 is 13.8. The lowest BCUT2D eigenvalue weighted by Crippen LogP contribution is -2.17. The Hall–Kier alpha value is -1.94. The zero-order valence-electron chi connectivity index (χ0n) is 11.0. The Balaban J connectivity index is 2.35. The van der Waals surface area contributed by atoms with Crippen LogP contribution in [0.15, 0.2) is 42.6 Å². The van der Waals surface area contributed by atoms with E-state index >= 15 is 0 Å². The van der Waals surface area contributed by atoms with Crippen LogP contribution in [0.1, 0.15) is 25.6 Å². The van der Waals surface area contributed by atoms with E-state index in [0.29, 0.717) is 17.9 Å². The van der Waals surface area contributed by atoms with Gasteiger partial charge in [-0.25, -0.2) is 4.39 Å². The average molecular weight is 260 g/mol. The minimum absolute atomic E-state index is 0.260. The summed E-state index contributed by atoms with van der Waals surface area (Å²) >= 11 is 0. The van der Waals surface area contributed by atoms with E-state index < -0.39 is 6.10 Å². The third-order valence-electron chi connectivity index (χ3n) is 2.97. The van der Waals surface area contributed by atoms with Crippen molar-refractivity contribution >= 4 is 11.4 Å². The second kappa shape index (κ2) is 5.80. The van der Waals surface area contributed by atoms with Crippen molar-refractivity contribution < 1.29 is 9.50 Å². The summed E-state index contributed by atoms with van der Waals surface area (Å²) in [7, 11) is 0. The Morgan fingerprint density at radius 3 is 2.53 bits per heavy atom. The molecule has 2 rings (SSSR count). The van der Waals surface area contributed by atoms with Crippen molar-refractivity contribution in [3.8, 4) is 0 Å². The number of hydrogen-bond acceptors (Lipinski definition) is 3. The molecular formula is C15H17FN2O. The predicted octanol–water partition coefficient (Wildman–Crippen LogP) is 3.43. The zero-order chi connectivity index (χ0) is 13.8. The number of pyridine rings is 1. The van der Waals surface area contributed by atoms with Gasteiger partial charge >= 0.3 is 0 Å². The molecule has 1 aromatic heterocycles. The Morgan fingerprint density at radius 1 is 1.26 bits per heavy atom. The highest BCUT2D eigenvalue weighted by molar-refractivity contribution is 5.62. The summed E-state index contributed by atoms with van der Waals surface area (Å²) in [6, 6.07) is 10.2. The van der Waals surface area contributed by atoms with Gasteiger partial charge in [-0.2, -0.15) is 0 Å². The van der Waals surface area contributed by atoms with E-state index in [1.54, 1.807) is 37.4 Å². The molecule has 1 unspecified atom stereocenters. The maximum Gasteiger partial charge on any atom is 0.146 e. The minimum atomic E-state index is -0.599. The number of nitrogens with zero attached hydrogens (tertiary/aromatic N) is 2. The molecule has 0 aliphatic carbocycles. The Labute approximate surface area is 112 Å². The molecule has 0 aliphatic heterocycles. The molecule has 0 bridgehead atoms. The van der Waals surface area contributed by atoms with Crippen LogP contribution < -0.4 is 4.90 Å². The summed E-state index contributed by atoms with van der Waals surface area (Å²) in [5.74, 6) is -0.260. The Kier molecular flexibility index (Phi) is 4.12. The number of aliphatic hydroxyl groups excluding tert-OH is 1. The van der Waals surface area contributed by atoms with Crippen LogP contribution in [-0.4, -0.2) is 16.6 Å². The van der Waals surface area contributed by atoms with Crippen molar-refractivity contribution in [3.05, 3.63) is 54.1 Å². The molecule has 0 spiro atoms. The lowest BCUT2D eigenvalue weighted by atomic mass is 10.2. The molecule has 19 heavy (non-hydrogen) atoms. The number of hydrogen-bond donors (Lipinski definition) is 1. The first-order valence-electron chi connectivity index (χ1n) is 6.29. The molecule has 1 atom stereocenters. The van der Waals surface area contributed by atoms with Crippen LogP contribution in [0.3, 0.4) is 0 Å². The summed E-state index contributed by atoms with van der Waals surface area (Å²) in [4.78, 5) is 6.03. The number of halogens is 1. The van der Waals surface area contributed by atoms with Crippen LogP contribution in [0.2, 0.25) is 0 Å². The first-order valence-corrected chi connectivity index (χ1v) is 6.29. The van der Waals surface area contributed by atoms with Crippen LogP contribution in [0.4, 0.5) is 15.8 Å². The zero-order valence-corrected chi connectivity index (χ0v) is 11.0. The van der Waals surface area contributed by atoms with E-state index in [0.717, 1.165) is 5.69 Å². The molecule has 0 amide bonds. The highest BCUT2D eigenvalue weighted by Crippen LogP contribution is 2.27. The largest absolute Gasteiger partial charge is 0.387 e. The molecule has 1 N–H and O–H groups in total. The molecule has 1 aromatic carbocycles. The van der Waals surface area contributed by atoms with Gasteiger partial charge in [-0.05, 0) is 38.1 Å². The fraction of sp³-hybridized carbons (Fsp3) is 0.267. The van der Waals surface area contributed by atoms with Gasteiger partial charge in [0.25, 0.3) is 0 Å². The van der Waals surface area contributed by atoms with Gasteiger partial charge in [0, 0.05) is 6.54 Å². The number of aliphatic hydroxyl groups is 1. The summed E-state index contributed by atoms with van der Waals surface area (Å²) in [6.07, 6.45) is 1.05. The normalized spacial score (nSPS) is 12.2. The minimum Gasteiger partial charge on any atom is -0.387 e. The van der Waals surface area contributed by atoms with Crippen LogP contribution in [0, 0.1) is 5.82 Å². The van der Waals surface area contributed by atoms with Crippen LogP contribution >= 0.6 is 0 Å². The van der Waals surface area contributed by atoms with Gasteiger partial charge < -0.3 is 10.0 Å². The number of aromatic nitrogens is 1. The molecular weight excluding hydrogens is 243 g/mol. The van der Waals surface area contributed by atoms with E-state index in [2.05, 4.69) is 4.98 Å². The van der Waals surface area contributed by atoms with Crippen LogP contribution in [0.5, 0.6) is 0 Å². The lowest BCUT2D eigenvalue weighted by molar-refractivity contribution is 0.194. The van der Waals surface area contributed by atoms with Gasteiger partial charge in [0.05, 0.1) is 29.4 Å². The van der Waals surface area contributed by atoms with Crippen molar-refractivity contribution in [2.45, 2.75) is 20.0 Å². The van der Waals surface area contributed by atoms with Gasteiger partial charge in [-0.15, -0.1) is 0 Å². The van der Waals surface area contributed by atoms with Gasteiger partial charge in [0.1, 0.15) is 5.82 Å². The fourth-order valence-corrected chi connectivity index (χ4v) is 1.97. The summed E-state index contributed by atoms with van der Waals surface area (Å²) in [5.41, 5.74) is 1.93. The van der Waals surface area contributed by atoms with Crippen molar-refractivity contribution in [2.24, 2.45) is 0 Å². The predicted molar refractivity (Wildman–Crippen MR) is 74.0 cm³/mol. The molecule has 0 aliphatic rings.